The minimum Gasteiger partial charge on any atom is -0.491 e. The van der Waals surface area contributed by atoms with Crippen LogP contribution in [0.4, 0.5) is 0 Å². The standard InChI is InChI=1S/C16H25NO/c1-5-17-11-7-8-14(4)15-9-6-10-16(12-15)18-13(2)3/h6,8-10,12-13,17H,5,7,11H2,1-4H3. The van der Waals surface area contributed by atoms with E-state index in [9.17, 15) is 0 Å². The number of allylic oxidation sites excluding steroid dienone is 1. The van der Waals surface area contributed by atoms with Gasteiger partial charge in [0.2, 0.25) is 0 Å². The Bertz CT molecular complexity index is 382. The number of rotatable bonds is 7. The Labute approximate surface area is 111 Å². The molecule has 0 aliphatic carbocycles. The van der Waals surface area contributed by atoms with Crippen LogP contribution in [0.5, 0.6) is 5.75 Å². The van der Waals surface area contributed by atoms with Crippen molar-refractivity contribution in [3.8, 4) is 5.75 Å². The van der Waals surface area contributed by atoms with Crippen LogP contribution in [-0.2, 0) is 0 Å². The third-order valence-corrected chi connectivity index (χ3v) is 2.68. The summed E-state index contributed by atoms with van der Waals surface area (Å²) in [6.07, 6.45) is 3.56. The fourth-order valence-electron chi connectivity index (χ4n) is 1.77. The van der Waals surface area contributed by atoms with Gasteiger partial charge >= 0.3 is 0 Å². The Morgan fingerprint density at radius 3 is 2.83 bits per heavy atom. The van der Waals surface area contributed by atoms with Gasteiger partial charge in [0, 0.05) is 0 Å². The summed E-state index contributed by atoms with van der Waals surface area (Å²) in [5.41, 5.74) is 2.55. The second-order valence-electron chi connectivity index (χ2n) is 4.72. The molecule has 1 aromatic rings. The molecule has 2 heteroatoms. The minimum atomic E-state index is 0.221. The quantitative estimate of drug-likeness (QED) is 0.738. The zero-order valence-electron chi connectivity index (χ0n) is 12.0. The van der Waals surface area contributed by atoms with E-state index in [0.717, 1.165) is 25.3 Å². The number of nitrogens with one attached hydrogen (secondary N) is 1. The van der Waals surface area contributed by atoms with Crippen molar-refractivity contribution >= 4 is 5.57 Å². The molecule has 0 aromatic heterocycles. The summed E-state index contributed by atoms with van der Waals surface area (Å²) >= 11 is 0. The molecule has 0 heterocycles. The predicted octanol–water partition coefficient (Wildman–Crippen LogP) is 3.88. The fraction of sp³-hybridized carbons (Fsp3) is 0.500. The first-order valence-corrected chi connectivity index (χ1v) is 6.78. The smallest absolute Gasteiger partial charge is 0.120 e. The van der Waals surface area contributed by atoms with Crippen LogP contribution in [0, 0.1) is 0 Å². The van der Waals surface area contributed by atoms with E-state index in [-0.39, 0.29) is 6.10 Å². The van der Waals surface area contributed by atoms with Gasteiger partial charge in [0.25, 0.3) is 0 Å². The van der Waals surface area contributed by atoms with Crippen molar-refractivity contribution in [2.45, 2.75) is 40.2 Å². The van der Waals surface area contributed by atoms with Crippen molar-refractivity contribution in [2.24, 2.45) is 0 Å². The summed E-state index contributed by atoms with van der Waals surface area (Å²) in [5.74, 6) is 0.946. The molecule has 0 spiro atoms. The van der Waals surface area contributed by atoms with E-state index in [1.165, 1.54) is 11.1 Å². The highest BCUT2D eigenvalue weighted by atomic mass is 16.5. The monoisotopic (exact) mass is 247 g/mol. The Balaban J connectivity index is 2.64. The third-order valence-electron chi connectivity index (χ3n) is 2.68. The van der Waals surface area contributed by atoms with Gasteiger partial charge < -0.3 is 10.1 Å². The van der Waals surface area contributed by atoms with Crippen LogP contribution in [-0.4, -0.2) is 19.2 Å². The number of benzene rings is 1. The molecule has 0 saturated heterocycles. The predicted molar refractivity (Wildman–Crippen MR) is 79.0 cm³/mol. The molecule has 0 radical (unpaired) electrons. The molecular weight excluding hydrogens is 222 g/mol. The molecule has 0 fully saturated rings. The Morgan fingerprint density at radius 2 is 2.17 bits per heavy atom. The molecular formula is C16H25NO. The number of ether oxygens (including phenoxy) is 1. The maximum absolute atomic E-state index is 5.71. The first-order valence-electron chi connectivity index (χ1n) is 6.78. The van der Waals surface area contributed by atoms with E-state index in [1.54, 1.807) is 0 Å². The number of hydrogen-bond acceptors (Lipinski definition) is 2. The van der Waals surface area contributed by atoms with E-state index in [0.29, 0.717) is 0 Å². The van der Waals surface area contributed by atoms with Gasteiger partial charge in [-0.1, -0.05) is 25.1 Å². The summed E-state index contributed by atoms with van der Waals surface area (Å²) in [6, 6.07) is 8.30. The molecule has 18 heavy (non-hydrogen) atoms. The molecule has 0 aliphatic heterocycles. The zero-order chi connectivity index (χ0) is 13.4. The maximum Gasteiger partial charge on any atom is 0.120 e. The van der Waals surface area contributed by atoms with E-state index in [2.05, 4.69) is 43.4 Å². The zero-order valence-corrected chi connectivity index (χ0v) is 12.0. The average Bonchev–Trinajstić information content (AvgIpc) is 2.34. The molecule has 0 unspecified atom stereocenters. The van der Waals surface area contributed by atoms with Crippen molar-refractivity contribution in [1.29, 1.82) is 0 Å². The van der Waals surface area contributed by atoms with Crippen LogP contribution < -0.4 is 10.1 Å². The lowest BCUT2D eigenvalue weighted by molar-refractivity contribution is 0.242. The van der Waals surface area contributed by atoms with Crippen LogP contribution in [0.2, 0.25) is 0 Å². The van der Waals surface area contributed by atoms with Crippen molar-refractivity contribution in [3.05, 3.63) is 35.9 Å². The highest BCUT2D eigenvalue weighted by Gasteiger charge is 2.00. The van der Waals surface area contributed by atoms with Gasteiger partial charge in [0.05, 0.1) is 6.10 Å². The van der Waals surface area contributed by atoms with Gasteiger partial charge in [0.1, 0.15) is 5.75 Å². The molecule has 1 N–H and O–H groups in total. The minimum absolute atomic E-state index is 0.221. The molecule has 100 valence electrons. The van der Waals surface area contributed by atoms with Gasteiger partial charge in [-0.25, -0.2) is 0 Å². The largest absolute Gasteiger partial charge is 0.491 e. The first-order chi connectivity index (χ1) is 8.63. The molecule has 0 aliphatic rings. The van der Waals surface area contributed by atoms with Crippen LogP contribution in [0.25, 0.3) is 5.57 Å². The molecule has 0 bridgehead atoms. The number of hydrogen-bond donors (Lipinski definition) is 1. The fourth-order valence-corrected chi connectivity index (χ4v) is 1.77. The van der Waals surface area contributed by atoms with E-state index < -0.39 is 0 Å². The second-order valence-corrected chi connectivity index (χ2v) is 4.72. The van der Waals surface area contributed by atoms with Crippen LogP contribution in [0.15, 0.2) is 30.3 Å². The van der Waals surface area contributed by atoms with Gasteiger partial charge in [0.15, 0.2) is 0 Å². The van der Waals surface area contributed by atoms with Gasteiger partial charge in [-0.15, -0.1) is 0 Å². The highest BCUT2D eigenvalue weighted by Crippen LogP contribution is 2.21. The first kappa shape index (κ1) is 14.8. The molecule has 0 amide bonds. The van der Waals surface area contributed by atoms with Crippen LogP contribution >= 0.6 is 0 Å². The summed E-state index contributed by atoms with van der Waals surface area (Å²) in [7, 11) is 0. The highest BCUT2D eigenvalue weighted by molar-refractivity contribution is 5.64. The lowest BCUT2D eigenvalue weighted by Crippen LogP contribution is -2.13. The molecule has 2 nitrogen and oxygen atoms in total. The molecule has 1 aromatic carbocycles. The third kappa shape index (κ3) is 5.37. The van der Waals surface area contributed by atoms with E-state index in [1.807, 2.05) is 19.9 Å². The summed E-state index contributed by atoms with van der Waals surface area (Å²) in [5, 5.41) is 3.32. The average molecular weight is 247 g/mol. The van der Waals surface area contributed by atoms with Gasteiger partial charge in [-0.2, -0.15) is 0 Å². The maximum atomic E-state index is 5.71. The normalized spacial score (nSPS) is 11.9. The summed E-state index contributed by atoms with van der Waals surface area (Å²) in [6.45, 7) is 10.4. The van der Waals surface area contributed by atoms with Gasteiger partial charge in [-0.3, -0.25) is 0 Å². The Kier molecular flexibility index (Phi) is 6.51. The molecule has 1 rings (SSSR count). The molecule has 0 atom stereocenters. The summed E-state index contributed by atoms with van der Waals surface area (Å²) in [4.78, 5) is 0. The van der Waals surface area contributed by atoms with Crippen LogP contribution in [0.1, 0.15) is 39.7 Å². The lowest BCUT2D eigenvalue weighted by atomic mass is 10.1. The van der Waals surface area contributed by atoms with Gasteiger partial charge in [-0.05, 0) is 63.6 Å². The Hall–Kier alpha value is -1.28. The van der Waals surface area contributed by atoms with Crippen molar-refractivity contribution < 1.29 is 4.74 Å². The second kappa shape index (κ2) is 7.93. The SMILES string of the molecule is CCNCCC=C(C)c1cccc(OC(C)C)c1. The van der Waals surface area contributed by atoms with Crippen molar-refractivity contribution in [2.75, 3.05) is 13.1 Å². The van der Waals surface area contributed by atoms with E-state index in [4.69, 9.17) is 4.74 Å². The molecule has 0 saturated carbocycles. The van der Waals surface area contributed by atoms with E-state index >= 15 is 0 Å². The van der Waals surface area contributed by atoms with Crippen LogP contribution in [0.3, 0.4) is 0 Å². The summed E-state index contributed by atoms with van der Waals surface area (Å²) < 4.78 is 5.71. The topological polar surface area (TPSA) is 21.3 Å². The lowest BCUT2D eigenvalue weighted by Gasteiger charge is -2.11. The Morgan fingerprint density at radius 1 is 1.39 bits per heavy atom. The van der Waals surface area contributed by atoms with Crippen molar-refractivity contribution in [3.63, 3.8) is 0 Å². The van der Waals surface area contributed by atoms with Crippen molar-refractivity contribution in [1.82, 2.24) is 5.32 Å².